The van der Waals surface area contributed by atoms with Gasteiger partial charge in [0.1, 0.15) is 12.5 Å². The zero-order chi connectivity index (χ0) is 24.8. The van der Waals surface area contributed by atoms with Crippen molar-refractivity contribution in [3.8, 4) is 12.3 Å². The van der Waals surface area contributed by atoms with Crippen molar-refractivity contribution >= 4 is 17.7 Å². The number of alkyl halides is 5. The summed E-state index contributed by atoms with van der Waals surface area (Å²) in [5.74, 6) is -5.17. The third-order valence-electron chi connectivity index (χ3n) is 4.86. The van der Waals surface area contributed by atoms with Crippen LogP contribution >= 0.6 is 0 Å². The van der Waals surface area contributed by atoms with Gasteiger partial charge in [0.2, 0.25) is 11.8 Å². The third kappa shape index (κ3) is 7.71. The second kappa shape index (κ2) is 10.6. The highest BCUT2D eigenvalue weighted by molar-refractivity contribution is 5.91. The van der Waals surface area contributed by atoms with Crippen molar-refractivity contribution in [1.29, 1.82) is 0 Å². The number of likely N-dealkylation sites (tertiary alicyclic amines) is 1. The average molecular weight is 475 g/mol. The summed E-state index contributed by atoms with van der Waals surface area (Å²) in [6.45, 7) is -1.47. The molecule has 0 aliphatic carbocycles. The monoisotopic (exact) mass is 475 g/mol. The van der Waals surface area contributed by atoms with Crippen molar-refractivity contribution in [2.24, 2.45) is 0 Å². The van der Waals surface area contributed by atoms with Crippen molar-refractivity contribution in [2.75, 3.05) is 13.1 Å². The number of carbonyl (C=O) groups excluding carboxylic acids is 3. The number of carbonyl (C=O) groups is 3. The molecule has 1 heterocycles. The molecule has 1 aromatic rings. The lowest BCUT2D eigenvalue weighted by Crippen LogP contribution is -2.56. The molecule has 1 saturated heterocycles. The number of nitrogens with zero attached hydrogens (tertiary/aromatic N) is 1. The fraction of sp³-hybridized carbons (Fsp3) is 0.476. The van der Waals surface area contributed by atoms with Crippen LogP contribution in [0.3, 0.4) is 0 Å². The van der Waals surface area contributed by atoms with Gasteiger partial charge in [0.05, 0.1) is 19.1 Å². The first-order chi connectivity index (χ1) is 15.3. The highest BCUT2D eigenvalue weighted by Gasteiger charge is 2.51. The molecule has 0 saturated carbocycles. The Balaban J connectivity index is 2.25. The molecule has 0 unspecified atom stereocenters. The minimum Gasteiger partial charge on any atom is -0.381 e. The molecule has 3 amide bonds. The van der Waals surface area contributed by atoms with Gasteiger partial charge in [-0.1, -0.05) is 36.3 Å². The van der Waals surface area contributed by atoms with Crippen LogP contribution in [0.4, 0.5) is 22.0 Å². The summed E-state index contributed by atoms with van der Waals surface area (Å²) in [7, 11) is 0. The predicted molar refractivity (Wildman–Crippen MR) is 106 cm³/mol. The quantitative estimate of drug-likeness (QED) is 0.386. The minimum absolute atomic E-state index is 0.268. The first-order valence-corrected chi connectivity index (χ1v) is 9.80. The maximum absolute atomic E-state index is 14.0. The van der Waals surface area contributed by atoms with Gasteiger partial charge < -0.3 is 20.6 Å². The van der Waals surface area contributed by atoms with Gasteiger partial charge in [-0.3, -0.25) is 14.4 Å². The van der Waals surface area contributed by atoms with E-state index in [1.54, 1.807) is 30.3 Å². The van der Waals surface area contributed by atoms with Gasteiger partial charge in [-0.15, -0.1) is 6.42 Å². The molecule has 0 aromatic heterocycles. The van der Waals surface area contributed by atoms with Gasteiger partial charge in [0.15, 0.2) is 6.10 Å². The Labute approximate surface area is 186 Å². The molecule has 0 radical (unpaired) electrons. The van der Waals surface area contributed by atoms with Crippen molar-refractivity contribution < 1.29 is 41.4 Å². The summed E-state index contributed by atoms with van der Waals surface area (Å²) in [6.07, 6.45) is -5.17. The molecule has 180 valence electrons. The number of aliphatic hydroxyl groups excluding tert-OH is 1. The molecule has 7 nitrogen and oxygen atoms in total. The first kappa shape index (κ1) is 26.1. The van der Waals surface area contributed by atoms with E-state index in [4.69, 9.17) is 6.42 Å². The van der Waals surface area contributed by atoms with Crippen LogP contribution in [0.25, 0.3) is 0 Å². The summed E-state index contributed by atoms with van der Waals surface area (Å²) < 4.78 is 65.7. The van der Waals surface area contributed by atoms with Gasteiger partial charge in [0.25, 0.3) is 11.8 Å². The number of hydrogen-bond acceptors (Lipinski definition) is 4. The van der Waals surface area contributed by atoms with Crippen LogP contribution in [0.5, 0.6) is 0 Å². The highest BCUT2D eigenvalue weighted by Crippen LogP contribution is 2.33. The van der Waals surface area contributed by atoms with Crippen molar-refractivity contribution in [3.05, 3.63) is 35.9 Å². The molecule has 1 aliphatic rings. The van der Waals surface area contributed by atoms with E-state index in [1.165, 1.54) is 0 Å². The van der Waals surface area contributed by atoms with E-state index >= 15 is 0 Å². The number of terminal acetylenes is 1. The first-order valence-electron chi connectivity index (χ1n) is 9.80. The maximum atomic E-state index is 14.0. The number of halogens is 5. The average Bonchev–Trinajstić information content (AvgIpc) is 3.05. The largest absolute Gasteiger partial charge is 0.397 e. The van der Waals surface area contributed by atoms with Crippen LogP contribution in [0.15, 0.2) is 30.3 Å². The fourth-order valence-electron chi connectivity index (χ4n) is 3.43. The van der Waals surface area contributed by atoms with Gasteiger partial charge in [-0.25, -0.2) is 8.78 Å². The van der Waals surface area contributed by atoms with E-state index in [-0.39, 0.29) is 13.0 Å². The molecule has 2 rings (SSSR count). The Morgan fingerprint density at radius 2 is 1.88 bits per heavy atom. The SMILES string of the molecule is C#CCNC(=O)[C@@H]1CC(F)(F)CN1C(=O)[C@@H](O)[C@H](Cc1ccccc1)NC(=O)CC(F)(F)F. The van der Waals surface area contributed by atoms with Crippen molar-refractivity contribution in [1.82, 2.24) is 15.5 Å². The molecule has 1 aromatic carbocycles. The number of rotatable bonds is 8. The molecular weight excluding hydrogens is 453 g/mol. The Hall–Kier alpha value is -3.20. The summed E-state index contributed by atoms with van der Waals surface area (Å²) in [5, 5.41) is 14.7. The summed E-state index contributed by atoms with van der Waals surface area (Å²) >= 11 is 0. The number of benzene rings is 1. The summed E-state index contributed by atoms with van der Waals surface area (Å²) in [5.41, 5.74) is 0.455. The van der Waals surface area contributed by atoms with E-state index in [0.717, 1.165) is 0 Å². The van der Waals surface area contributed by atoms with Crippen molar-refractivity contribution in [3.63, 3.8) is 0 Å². The standard InChI is InChI=1S/C21H22F5N3O4/c1-2-8-27-18(32)15-10-20(22,23)12-29(15)19(33)17(31)14(9-13-6-4-3-5-7-13)28-16(30)11-21(24,25)26/h1,3-7,14-15,17,31H,8-12H2,(H,27,32)(H,28,30)/t14-,15-,17-/m0/s1. The highest BCUT2D eigenvalue weighted by atomic mass is 19.4. The molecular formula is C21H22F5N3O4. The fourth-order valence-corrected chi connectivity index (χ4v) is 3.43. The zero-order valence-corrected chi connectivity index (χ0v) is 17.2. The van der Waals surface area contributed by atoms with Crippen LogP contribution in [0.2, 0.25) is 0 Å². The molecule has 3 N–H and O–H groups in total. The molecule has 0 spiro atoms. The molecule has 1 fully saturated rings. The lowest BCUT2D eigenvalue weighted by atomic mass is 9.99. The predicted octanol–water partition coefficient (Wildman–Crippen LogP) is 1.01. The van der Waals surface area contributed by atoms with Crippen LogP contribution in [-0.2, 0) is 20.8 Å². The topological polar surface area (TPSA) is 98.7 Å². The lowest BCUT2D eigenvalue weighted by Gasteiger charge is -2.30. The van der Waals surface area contributed by atoms with Crippen LogP contribution < -0.4 is 10.6 Å². The van der Waals surface area contributed by atoms with E-state index in [0.29, 0.717) is 10.5 Å². The van der Waals surface area contributed by atoms with Crippen LogP contribution in [0.1, 0.15) is 18.4 Å². The third-order valence-corrected chi connectivity index (χ3v) is 4.86. The van der Waals surface area contributed by atoms with Gasteiger partial charge in [0, 0.05) is 6.42 Å². The summed E-state index contributed by atoms with van der Waals surface area (Å²) in [6, 6.07) is 4.68. The van der Waals surface area contributed by atoms with E-state index in [2.05, 4.69) is 11.2 Å². The Morgan fingerprint density at radius 1 is 1.24 bits per heavy atom. The normalized spacial score (nSPS) is 19.3. The number of nitrogens with one attached hydrogen (secondary N) is 2. The zero-order valence-electron chi connectivity index (χ0n) is 17.2. The van der Waals surface area contributed by atoms with Gasteiger partial charge in [-0.05, 0) is 12.0 Å². The Bertz CT molecular complexity index is 901. The molecule has 12 heteroatoms. The number of hydrogen-bond donors (Lipinski definition) is 3. The van der Waals surface area contributed by atoms with E-state index in [9.17, 15) is 41.4 Å². The lowest BCUT2D eigenvalue weighted by molar-refractivity contribution is -0.156. The molecule has 1 aliphatic heterocycles. The molecule has 3 atom stereocenters. The van der Waals surface area contributed by atoms with E-state index in [1.807, 2.05) is 5.32 Å². The smallest absolute Gasteiger partial charge is 0.381 e. The molecule has 33 heavy (non-hydrogen) atoms. The van der Waals surface area contributed by atoms with Crippen molar-refractivity contribution in [2.45, 2.75) is 49.5 Å². The van der Waals surface area contributed by atoms with Crippen LogP contribution in [-0.4, -0.2) is 71.1 Å². The van der Waals surface area contributed by atoms with E-state index < -0.39 is 67.4 Å². The molecule has 0 bridgehead atoms. The Kier molecular flexibility index (Phi) is 8.38. The number of amides is 3. The van der Waals surface area contributed by atoms with Gasteiger partial charge >= 0.3 is 6.18 Å². The second-order valence-corrected chi connectivity index (χ2v) is 7.56. The second-order valence-electron chi connectivity index (χ2n) is 7.56. The maximum Gasteiger partial charge on any atom is 0.397 e. The minimum atomic E-state index is -4.84. The Morgan fingerprint density at radius 3 is 2.45 bits per heavy atom. The van der Waals surface area contributed by atoms with Gasteiger partial charge in [-0.2, -0.15) is 13.2 Å². The van der Waals surface area contributed by atoms with Crippen LogP contribution in [0, 0.1) is 12.3 Å². The summed E-state index contributed by atoms with van der Waals surface area (Å²) in [4.78, 5) is 37.4. The number of aliphatic hydroxyl groups is 1.